The zero-order chi connectivity index (χ0) is 19.7. The van der Waals surface area contributed by atoms with Crippen molar-refractivity contribution in [1.82, 2.24) is 10.3 Å². The van der Waals surface area contributed by atoms with E-state index in [1.807, 2.05) is 0 Å². The van der Waals surface area contributed by atoms with Crippen molar-refractivity contribution in [2.24, 2.45) is 0 Å². The highest BCUT2D eigenvalue weighted by Gasteiger charge is 2.30. The maximum Gasteiger partial charge on any atom is 0.416 e. The van der Waals surface area contributed by atoms with E-state index >= 15 is 0 Å². The highest BCUT2D eigenvalue weighted by Crippen LogP contribution is 2.30. The van der Waals surface area contributed by atoms with Gasteiger partial charge in [-0.05, 0) is 30.3 Å². The van der Waals surface area contributed by atoms with Gasteiger partial charge < -0.3 is 19.5 Å². The maximum atomic E-state index is 12.5. The summed E-state index contributed by atoms with van der Waals surface area (Å²) in [6.45, 7) is 0.575. The van der Waals surface area contributed by atoms with Crippen LogP contribution >= 0.6 is 0 Å². The normalized spacial score (nSPS) is 11.1. The van der Waals surface area contributed by atoms with E-state index in [9.17, 15) is 18.0 Å². The fourth-order valence-electron chi connectivity index (χ4n) is 2.04. The lowest BCUT2D eigenvalue weighted by Crippen LogP contribution is -2.28. The van der Waals surface area contributed by atoms with Crippen LogP contribution in [-0.4, -0.2) is 37.8 Å². The number of amides is 1. The lowest BCUT2D eigenvalue weighted by Gasteiger charge is -2.11. The van der Waals surface area contributed by atoms with Gasteiger partial charge in [-0.15, -0.1) is 0 Å². The monoisotopic (exact) mass is 384 g/mol. The number of carbonyl (C=O) groups is 1. The number of nitrogens with one attached hydrogen (secondary N) is 1. The molecule has 9 heteroatoms. The summed E-state index contributed by atoms with van der Waals surface area (Å²) in [6, 6.07) is 7.59. The van der Waals surface area contributed by atoms with Crippen molar-refractivity contribution in [3.05, 3.63) is 53.7 Å². The Morgan fingerprint density at radius 3 is 2.52 bits per heavy atom. The number of hydrogen-bond donors (Lipinski definition) is 1. The van der Waals surface area contributed by atoms with E-state index in [0.717, 1.165) is 12.1 Å². The van der Waals surface area contributed by atoms with Crippen LogP contribution in [0, 0.1) is 0 Å². The summed E-state index contributed by atoms with van der Waals surface area (Å²) >= 11 is 0. The van der Waals surface area contributed by atoms with Crippen LogP contribution in [0.4, 0.5) is 13.2 Å². The molecule has 0 spiro atoms. The second kappa shape index (κ2) is 9.77. The molecule has 1 aromatic carbocycles. The Morgan fingerprint density at radius 2 is 1.85 bits per heavy atom. The van der Waals surface area contributed by atoms with E-state index in [1.54, 1.807) is 25.4 Å². The summed E-state index contributed by atoms with van der Waals surface area (Å²) < 4.78 is 53.1. The topological polar surface area (TPSA) is 69.7 Å². The molecule has 146 valence electrons. The molecular weight excluding hydrogens is 365 g/mol. The van der Waals surface area contributed by atoms with E-state index in [-0.39, 0.29) is 18.9 Å². The molecule has 1 heterocycles. The number of nitrogens with zero attached hydrogens (tertiary/aromatic N) is 1. The van der Waals surface area contributed by atoms with E-state index in [4.69, 9.17) is 14.2 Å². The van der Waals surface area contributed by atoms with Crippen LogP contribution in [-0.2, 0) is 22.3 Å². The number of alkyl halides is 3. The van der Waals surface area contributed by atoms with E-state index in [1.165, 1.54) is 12.1 Å². The molecule has 0 fully saturated rings. The van der Waals surface area contributed by atoms with Gasteiger partial charge in [0.1, 0.15) is 12.4 Å². The van der Waals surface area contributed by atoms with E-state index in [2.05, 4.69) is 10.3 Å². The number of rotatable bonds is 9. The zero-order valence-corrected chi connectivity index (χ0v) is 14.6. The summed E-state index contributed by atoms with van der Waals surface area (Å²) in [5, 5.41) is 2.64. The summed E-state index contributed by atoms with van der Waals surface area (Å²) in [4.78, 5) is 16.0. The van der Waals surface area contributed by atoms with Gasteiger partial charge in [0.05, 0.1) is 12.2 Å². The SMILES string of the molecule is COCCOc1ncccc1CNC(=O)COc1ccc(C(F)(F)F)cc1. The Bertz CT molecular complexity index is 736. The molecule has 0 saturated heterocycles. The van der Waals surface area contributed by atoms with Crippen LogP contribution in [0.2, 0.25) is 0 Å². The molecule has 0 radical (unpaired) electrons. The number of methoxy groups -OCH3 is 1. The average molecular weight is 384 g/mol. The summed E-state index contributed by atoms with van der Waals surface area (Å²) in [5.41, 5.74) is -0.103. The quantitative estimate of drug-likeness (QED) is 0.674. The Kier molecular flexibility index (Phi) is 7.42. The van der Waals surface area contributed by atoms with Gasteiger partial charge in [-0.2, -0.15) is 13.2 Å². The van der Waals surface area contributed by atoms with Gasteiger partial charge in [0, 0.05) is 25.4 Å². The molecule has 1 amide bonds. The molecule has 1 N–H and O–H groups in total. The number of benzene rings is 1. The van der Waals surface area contributed by atoms with Crippen molar-refractivity contribution < 1.29 is 32.2 Å². The highest BCUT2D eigenvalue weighted by molar-refractivity contribution is 5.77. The van der Waals surface area contributed by atoms with Crippen LogP contribution in [0.3, 0.4) is 0 Å². The first kappa shape index (κ1) is 20.5. The van der Waals surface area contributed by atoms with Crippen molar-refractivity contribution in [2.45, 2.75) is 12.7 Å². The minimum Gasteiger partial charge on any atom is -0.484 e. The molecule has 2 aromatic rings. The molecule has 1 aromatic heterocycles. The first-order valence-electron chi connectivity index (χ1n) is 8.02. The van der Waals surface area contributed by atoms with E-state index < -0.39 is 17.6 Å². The first-order chi connectivity index (χ1) is 12.9. The van der Waals surface area contributed by atoms with Crippen molar-refractivity contribution >= 4 is 5.91 Å². The van der Waals surface area contributed by atoms with Gasteiger partial charge in [-0.1, -0.05) is 6.07 Å². The molecular formula is C18H19F3N2O4. The number of hydrogen-bond acceptors (Lipinski definition) is 5. The third-order valence-corrected chi connectivity index (χ3v) is 3.40. The van der Waals surface area contributed by atoms with Gasteiger partial charge in [0.2, 0.25) is 5.88 Å². The number of ether oxygens (including phenoxy) is 3. The number of halogens is 3. The third kappa shape index (κ3) is 6.78. The van der Waals surface area contributed by atoms with Crippen molar-refractivity contribution in [3.8, 4) is 11.6 Å². The van der Waals surface area contributed by atoms with Crippen LogP contribution in [0.5, 0.6) is 11.6 Å². The zero-order valence-electron chi connectivity index (χ0n) is 14.6. The predicted octanol–water partition coefficient (Wildman–Crippen LogP) is 2.82. The fraction of sp³-hybridized carbons (Fsp3) is 0.333. The van der Waals surface area contributed by atoms with Gasteiger partial charge in [-0.3, -0.25) is 4.79 Å². The minimum atomic E-state index is -4.41. The lowest BCUT2D eigenvalue weighted by molar-refractivity contribution is -0.137. The molecule has 0 unspecified atom stereocenters. The first-order valence-corrected chi connectivity index (χ1v) is 8.02. The number of aromatic nitrogens is 1. The smallest absolute Gasteiger partial charge is 0.416 e. The molecule has 0 saturated carbocycles. The largest absolute Gasteiger partial charge is 0.484 e. The molecule has 27 heavy (non-hydrogen) atoms. The standard InChI is InChI=1S/C18H19F3N2O4/c1-25-9-10-26-17-13(3-2-8-22-17)11-23-16(24)12-27-15-6-4-14(5-7-15)18(19,20)21/h2-8H,9-12H2,1H3,(H,23,24). The van der Waals surface area contributed by atoms with Gasteiger partial charge in [0.25, 0.3) is 5.91 Å². The van der Waals surface area contributed by atoms with Gasteiger partial charge in [-0.25, -0.2) is 4.98 Å². The van der Waals surface area contributed by atoms with Crippen molar-refractivity contribution in [2.75, 3.05) is 26.9 Å². The Hall–Kier alpha value is -2.81. The highest BCUT2D eigenvalue weighted by atomic mass is 19.4. The molecule has 0 aliphatic carbocycles. The molecule has 0 atom stereocenters. The van der Waals surface area contributed by atoms with Crippen LogP contribution in [0.15, 0.2) is 42.6 Å². The van der Waals surface area contributed by atoms with Crippen LogP contribution in [0.25, 0.3) is 0 Å². The van der Waals surface area contributed by atoms with Crippen LogP contribution in [0.1, 0.15) is 11.1 Å². The van der Waals surface area contributed by atoms with Gasteiger partial charge in [0.15, 0.2) is 6.61 Å². The number of pyridine rings is 1. The Balaban J connectivity index is 1.81. The van der Waals surface area contributed by atoms with E-state index in [0.29, 0.717) is 24.7 Å². The molecule has 2 rings (SSSR count). The predicted molar refractivity (Wildman–Crippen MR) is 90.4 cm³/mol. The lowest BCUT2D eigenvalue weighted by atomic mass is 10.2. The Morgan fingerprint density at radius 1 is 1.11 bits per heavy atom. The van der Waals surface area contributed by atoms with Crippen molar-refractivity contribution in [3.63, 3.8) is 0 Å². The molecule has 0 aliphatic rings. The van der Waals surface area contributed by atoms with Crippen molar-refractivity contribution in [1.29, 1.82) is 0 Å². The number of carbonyl (C=O) groups excluding carboxylic acids is 1. The summed E-state index contributed by atoms with van der Waals surface area (Å²) in [6.07, 6.45) is -2.84. The third-order valence-electron chi connectivity index (χ3n) is 3.40. The second-order valence-electron chi connectivity index (χ2n) is 5.40. The molecule has 0 bridgehead atoms. The fourth-order valence-corrected chi connectivity index (χ4v) is 2.04. The Labute approximate surface area is 154 Å². The maximum absolute atomic E-state index is 12.5. The van der Waals surface area contributed by atoms with Crippen LogP contribution < -0.4 is 14.8 Å². The average Bonchev–Trinajstić information content (AvgIpc) is 2.65. The molecule has 0 aliphatic heterocycles. The molecule has 6 nitrogen and oxygen atoms in total. The summed E-state index contributed by atoms with van der Waals surface area (Å²) in [5.74, 6) is 0.128. The van der Waals surface area contributed by atoms with Gasteiger partial charge >= 0.3 is 6.18 Å². The minimum absolute atomic E-state index is 0.170. The second-order valence-corrected chi connectivity index (χ2v) is 5.40. The summed E-state index contributed by atoms with van der Waals surface area (Å²) in [7, 11) is 1.56.